The Labute approximate surface area is 419 Å². The van der Waals surface area contributed by atoms with E-state index < -0.39 is 5.91 Å². The van der Waals surface area contributed by atoms with Gasteiger partial charge in [0.2, 0.25) is 11.3 Å². The first-order chi connectivity index (χ1) is 35.0. The van der Waals surface area contributed by atoms with Crippen LogP contribution in [-0.2, 0) is 23.6 Å². The van der Waals surface area contributed by atoms with Gasteiger partial charge in [0.1, 0.15) is 22.6 Å². The van der Waals surface area contributed by atoms with Gasteiger partial charge >= 0.3 is 0 Å². The minimum absolute atomic E-state index is 0.0373. The summed E-state index contributed by atoms with van der Waals surface area (Å²) in [6.07, 6.45) is 9.53. The molecule has 4 aliphatic rings. The Morgan fingerprint density at radius 2 is 1.12 bits per heavy atom. The zero-order valence-electron chi connectivity index (χ0n) is 40.7. The number of amides is 2. The van der Waals surface area contributed by atoms with Gasteiger partial charge in [0.05, 0.1) is 66.9 Å². The Balaban J connectivity index is 0.000000164. The molecule has 8 aromatic rings. The van der Waals surface area contributed by atoms with Gasteiger partial charge in [-0.25, -0.2) is 19.9 Å². The molecule has 2 amide bonds. The van der Waals surface area contributed by atoms with Crippen LogP contribution in [0.2, 0.25) is 5.15 Å². The molecule has 0 aromatic carbocycles. The number of carbonyl (C=O) groups excluding carboxylic acids is 2. The van der Waals surface area contributed by atoms with Crippen molar-refractivity contribution < 1.29 is 27.9 Å². The number of likely N-dealkylation sites (tertiary alicyclic amines) is 1. The average Bonchev–Trinajstić information content (AvgIpc) is 4.26. The summed E-state index contributed by atoms with van der Waals surface area (Å²) in [5, 5.41) is 14.1. The molecule has 23 heteroatoms. The highest BCUT2D eigenvalue weighted by atomic mass is 35.5. The second-order valence-electron chi connectivity index (χ2n) is 17.7. The van der Waals surface area contributed by atoms with Crippen molar-refractivity contribution in [2.45, 2.75) is 32.2 Å². The van der Waals surface area contributed by atoms with Gasteiger partial charge in [0, 0.05) is 89.0 Å². The summed E-state index contributed by atoms with van der Waals surface area (Å²) in [6.45, 7) is 11.9. The lowest BCUT2D eigenvalue weighted by Crippen LogP contribution is -2.67. The van der Waals surface area contributed by atoms with Gasteiger partial charge < -0.3 is 43.6 Å². The Hall–Kier alpha value is -7.53. The van der Waals surface area contributed by atoms with Gasteiger partial charge in [0.25, 0.3) is 23.8 Å². The van der Waals surface area contributed by atoms with Crippen molar-refractivity contribution in [2.24, 2.45) is 14.1 Å². The van der Waals surface area contributed by atoms with Crippen LogP contribution in [0.4, 0.5) is 29.5 Å². The summed E-state index contributed by atoms with van der Waals surface area (Å²) in [5.41, 5.74) is 5.61. The molecule has 0 aliphatic carbocycles. The zero-order valence-corrected chi connectivity index (χ0v) is 41.5. The molecule has 4 saturated heterocycles. The van der Waals surface area contributed by atoms with E-state index in [9.17, 15) is 9.59 Å². The van der Waals surface area contributed by atoms with Crippen LogP contribution in [-0.4, -0.2) is 151 Å². The summed E-state index contributed by atoms with van der Waals surface area (Å²) in [7, 11) is 5.87. The van der Waals surface area contributed by atoms with Crippen LogP contribution < -0.4 is 25.3 Å². The summed E-state index contributed by atoms with van der Waals surface area (Å²) in [6, 6.07) is 15.1. The molecule has 8 aromatic heterocycles. The molecule has 4 fully saturated rings. The van der Waals surface area contributed by atoms with E-state index in [1.807, 2.05) is 68.3 Å². The van der Waals surface area contributed by atoms with E-state index in [0.717, 1.165) is 42.9 Å². The number of carbonyl (C=O) groups is 2. The van der Waals surface area contributed by atoms with Crippen molar-refractivity contribution in [3.05, 3.63) is 89.6 Å². The monoisotopic (exact) mass is 998 g/mol. The number of halogens is 1. The zero-order chi connectivity index (χ0) is 49.9. The maximum atomic E-state index is 13.7. The van der Waals surface area contributed by atoms with Gasteiger partial charge in [-0.05, 0) is 50.7 Å². The Kier molecular flexibility index (Phi) is 13.8. The lowest BCUT2D eigenvalue weighted by molar-refractivity contribution is 0.101. The predicted octanol–water partition coefficient (Wildman–Crippen LogP) is 6.18. The SMILES string of the molecule is CC.CN1CCCC12CN(c1nc3nc(N4CCOCC4)oc3cc1C(=O)Nc1cccc(-c3cnn(C)c3)n1)C2.Cn1cc(-c2cccc(NC(=O)c3cc4oc(N5CCOCC5)nc4nc3Cl)n2)cn1. The summed E-state index contributed by atoms with van der Waals surface area (Å²) >= 11 is 6.27. The molecular formula is C49H55ClN16O6. The van der Waals surface area contributed by atoms with Crippen LogP contribution in [0.25, 0.3) is 45.0 Å². The van der Waals surface area contributed by atoms with Crippen LogP contribution in [0.1, 0.15) is 47.4 Å². The number of hydrogen-bond donors (Lipinski definition) is 2. The van der Waals surface area contributed by atoms with Gasteiger partial charge in [-0.1, -0.05) is 37.6 Å². The number of nitrogens with zero attached hydrogens (tertiary/aromatic N) is 14. The summed E-state index contributed by atoms with van der Waals surface area (Å²) in [4.78, 5) is 62.5. The first-order valence-corrected chi connectivity index (χ1v) is 24.4. The average molecular weight is 1000 g/mol. The lowest BCUT2D eigenvalue weighted by Gasteiger charge is -2.52. The third-order valence-electron chi connectivity index (χ3n) is 12.9. The molecule has 0 bridgehead atoms. The van der Waals surface area contributed by atoms with Crippen LogP contribution >= 0.6 is 11.6 Å². The summed E-state index contributed by atoms with van der Waals surface area (Å²) in [5.74, 6) is 0.722. The van der Waals surface area contributed by atoms with Crippen molar-refractivity contribution in [3.8, 4) is 22.5 Å². The van der Waals surface area contributed by atoms with Crippen molar-refractivity contribution in [2.75, 3.05) is 105 Å². The second kappa shape index (κ2) is 20.7. The van der Waals surface area contributed by atoms with Crippen LogP contribution in [0.15, 0.2) is 82.2 Å². The van der Waals surface area contributed by atoms with E-state index in [4.69, 9.17) is 34.9 Å². The van der Waals surface area contributed by atoms with E-state index in [2.05, 4.69) is 62.6 Å². The minimum atomic E-state index is -0.445. The number of fused-ring (bicyclic) bond motifs is 2. The number of aromatic nitrogens is 10. The van der Waals surface area contributed by atoms with E-state index in [-0.39, 0.29) is 22.2 Å². The van der Waals surface area contributed by atoms with Gasteiger partial charge in [0.15, 0.2) is 11.2 Å². The number of aryl methyl sites for hydroxylation is 2. The molecule has 4 aliphatic heterocycles. The quantitative estimate of drug-likeness (QED) is 0.154. The number of pyridine rings is 4. The molecule has 22 nitrogen and oxygen atoms in total. The molecule has 374 valence electrons. The fraction of sp³-hybridized carbons (Fsp3) is 0.388. The normalized spacial score (nSPS) is 16.6. The van der Waals surface area contributed by atoms with Gasteiger partial charge in [-0.15, -0.1) is 0 Å². The highest BCUT2D eigenvalue weighted by Gasteiger charge is 2.50. The maximum Gasteiger partial charge on any atom is 0.300 e. The highest BCUT2D eigenvalue weighted by molar-refractivity contribution is 6.33. The predicted molar refractivity (Wildman–Crippen MR) is 272 cm³/mol. The van der Waals surface area contributed by atoms with Crippen molar-refractivity contribution >= 4 is 75.4 Å². The van der Waals surface area contributed by atoms with Crippen LogP contribution in [0, 0.1) is 0 Å². The topological polar surface area (TPSA) is 229 Å². The number of morpholine rings is 2. The van der Waals surface area contributed by atoms with E-state index in [1.165, 1.54) is 6.42 Å². The van der Waals surface area contributed by atoms with E-state index in [0.29, 0.717) is 116 Å². The largest absolute Gasteiger partial charge is 0.422 e. The first-order valence-electron chi connectivity index (χ1n) is 24.0. The molecule has 0 saturated carbocycles. The summed E-state index contributed by atoms with van der Waals surface area (Å²) < 4.78 is 26.1. The third-order valence-corrected chi connectivity index (χ3v) is 13.2. The lowest BCUT2D eigenvalue weighted by atomic mass is 9.87. The van der Waals surface area contributed by atoms with E-state index >= 15 is 0 Å². The maximum absolute atomic E-state index is 13.7. The first kappa shape index (κ1) is 48.1. The smallest absolute Gasteiger partial charge is 0.300 e. The number of hydrogen-bond acceptors (Lipinski definition) is 18. The number of anilines is 5. The Morgan fingerprint density at radius 3 is 1.61 bits per heavy atom. The molecular weight excluding hydrogens is 944 g/mol. The molecule has 12 rings (SSSR count). The molecule has 12 heterocycles. The number of nitrogens with one attached hydrogen (secondary N) is 2. The molecule has 0 atom stereocenters. The number of ether oxygens (including phenoxy) is 2. The Bertz CT molecular complexity index is 3220. The fourth-order valence-corrected chi connectivity index (χ4v) is 9.33. The van der Waals surface area contributed by atoms with Crippen LogP contribution in [0.3, 0.4) is 0 Å². The molecule has 1 spiro atoms. The number of rotatable bonds is 9. The highest BCUT2D eigenvalue weighted by Crippen LogP contribution is 2.40. The van der Waals surface area contributed by atoms with Crippen LogP contribution in [0.5, 0.6) is 0 Å². The molecule has 0 radical (unpaired) electrons. The standard InChI is InChI=1S/C27H31N9O3.C20H18ClN7O3.C2H6/c1-33-8-4-7-27(33)16-36(17-27)24-19(13-21-23(31-24)32-26(39-21)35-9-11-38-12-10-35)25(37)30-22-6-3-5-20(29-22)18-14-28-34(2)15-18;1-27-11-12(10-22-27)14-3-2-4-16(23-14)24-19(29)13-9-15-18(25-17(13)21)26-20(31-15)28-5-7-30-8-6-28;1-2/h3,5-6,13-15H,4,7-12,16-17H2,1-2H3,(H,29,30,37);2-4,9-11H,5-8H2,1H3,(H,23,24,29);1-2H3. The second-order valence-corrected chi connectivity index (χ2v) is 18.0. The Morgan fingerprint density at radius 1 is 0.625 bits per heavy atom. The number of oxazole rings is 2. The van der Waals surface area contributed by atoms with E-state index in [1.54, 1.807) is 52.1 Å². The molecule has 72 heavy (non-hydrogen) atoms. The fourth-order valence-electron chi connectivity index (χ4n) is 9.11. The van der Waals surface area contributed by atoms with Crippen molar-refractivity contribution in [1.82, 2.24) is 54.4 Å². The van der Waals surface area contributed by atoms with Crippen molar-refractivity contribution in [3.63, 3.8) is 0 Å². The molecule has 2 N–H and O–H groups in total. The molecule has 0 unspecified atom stereocenters. The third kappa shape index (κ3) is 10.0. The number of likely N-dealkylation sites (N-methyl/N-ethyl adjacent to an activating group) is 1. The van der Waals surface area contributed by atoms with Gasteiger partial charge in [-0.3, -0.25) is 23.9 Å². The minimum Gasteiger partial charge on any atom is -0.422 e. The van der Waals surface area contributed by atoms with Gasteiger partial charge in [-0.2, -0.15) is 20.2 Å². The van der Waals surface area contributed by atoms with Crippen molar-refractivity contribution in [1.29, 1.82) is 0 Å².